The van der Waals surface area contributed by atoms with E-state index in [1.54, 1.807) is 0 Å². The van der Waals surface area contributed by atoms with Crippen molar-refractivity contribution in [3.05, 3.63) is 11.1 Å². The Bertz CT molecular complexity index is 706. The van der Waals surface area contributed by atoms with Gasteiger partial charge in [-0.2, -0.15) is 9.97 Å². The molecule has 1 fully saturated rings. The minimum atomic E-state index is -1.63. The molecule has 9 nitrogen and oxygen atoms in total. The van der Waals surface area contributed by atoms with Gasteiger partial charge in [0.15, 0.2) is 5.65 Å². The first-order chi connectivity index (χ1) is 10.4. The Morgan fingerprint density at radius 3 is 2.73 bits per heavy atom. The largest absolute Gasteiger partial charge is 0.479 e. The van der Waals surface area contributed by atoms with Crippen LogP contribution in [0.15, 0.2) is 0 Å². The van der Waals surface area contributed by atoms with Crippen LogP contribution in [-0.2, 0) is 4.74 Å². The fourth-order valence-electron chi connectivity index (χ4n) is 2.54. The van der Waals surface area contributed by atoms with Gasteiger partial charge in [0, 0.05) is 0 Å². The highest BCUT2D eigenvalue weighted by atomic mass is 35.5. The molecule has 1 aliphatic rings. The van der Waals surface area contributed by atoms with Gasteiger partial charge in [-0.05, 0) is 18.5 Å². The second-order valence-electron chi connectivity index (χ2n) is 5.23. The Morgan fingerprint density at radius 2 is 2.14 bits per heavy atom. The third kappa shape index (κ3) is 2.22. The van der Waals surface area contributed by atoms with Crippen molar-refractivity contribution in [3.8, 4) is 5.88 Å². The summed E-state index contributed by atoms with van der Waals surface area (Å²) in [5.74, 6) is 0.426. The van der Waals surface area contributed by atoms with Gasteiger partial charge in [-0.1, -0.05) is 0 Å². The molecule has 4 atom stereocenters. The van der Waals surface area contributed by atoms with Crippen LogP contribution in [0.2, 0.25) is 5.28 Å². The predicted molar refractivity (Wildman–Crippen MR) is 74.6 cm³/mol. The smallest absolute Gasteiger partial charge is 0.244 e. The molecule has 0 bridgehead atoms. The number of aliphatic hydroxyl groups excluding tert-OH is 2. The van der Waals surface area contributed by atoms with Crippen LogP contribution in [0, 0.1) is 0 Å². The van der Waals surface area contributed by atoms with Gasteiger partial charge in [0.1, 0.15) is 35.3 Å². The van der Waals surface area contributed by atoms with Gasteiger partial charge in [-0.15, -0.1) is 0 Å². The number of imidazole rings is 1. The summed E-state index contributed by atoms with van der Waals surface area (Å²) in [4.78, 5) is 15.0. The number of methoxy groups -OCH3 is 1. The van der Waals surface area contributed by atoms with Crippen LogP contribution in [0.4, 0.5) is 0 Å². The van der Waals surface area contributed by atoms with E-state index in [2.05, 4.69) is 19.9 Å². The third-order valence-corrected chi connectivity index (χ3v) is 3.89. The molecule has 1 unspecified atom stereocenters. The molecular weight excluding hydrogens is 316 g/mol. The summed E-state index contributed by atoms with van der Waals surface area (Å²) >= 11 is 5.79. The average Bonchev–Trinajstić information content (AvgIpc) is 2.98. The molecule has 0 amide bonds. The van der Waals surface area contributed by atoms with Crippen molar-refractivity contribution in [1.82, 2.24) is 19.9 Å². The van der Waals surface area contributed by atoms with Crippen molar-refractivity contribution in [2.45, 2.75) is 30.8 Å². The quantitative estimate of drug-likeness (QED) is 0.556. The predicted octanol–water partition coefficient (Wildman–Crippen LogP) is -0.441. The number of halogens is 1. The van der Waals surface area contributed by atoms with Crippen LogP contribution in [0.5, 0.6) is 5.88 Å². The normalized spacial score (nSPS) is 31.8. The molecule has 1 saturated heterocycles. The lowest BCUT2D eigenvalue weighted by atomic mass is 9.92. The number of aromatic amines is 1. The molecule has 3 rings (SSSR count). The maximum absolute atomic E-state index is 10.4. The lowest BCUT2D eigenvalue weighted by molar-refractivity contribution is -0.0671. The molecule has 0 radical (unpaired) electrons. The van der Waals surface area contributed by atoms with Gasteiger partial charge in [0.2, 0.25) is 11.2 Å². The molecular formula is C12H15ClN4O5. The first-order valence-electron chi connectivity index (χ1n) is 6.52. The summed E-state index contributed by atoms with van der Waals surface area (Å²) in [5.41, 5.74) is -0.998. The van der Waals surface area contributed by atoms with E-state index < -0.39 is 30.5 Å². The number of nitrogens with zero attached hydrogens (tertiary/aromatic N) is 3. The Morgan fingerprint density at radius 1 is 1.41 bits per heavy atom. The Balaban J connectivity index is 2.07. The molecule has 0 aliphatic carbocycles. The van der Waals surface area contributed by atoms with E-state index in [9.17, 15) is 15.3 Å². The van der Waals surface area contributed by atoms with Crippen molar-refractivity contribution in [2.75, 3.05) is 13.7 Å². The highest BCUT2D eigenvalue weighted by Crippen LogP contribution is 2.41. The number of hydrogen-bond acceptors (Lipinski definition) is 8. The number of nitrogens with one attached hydrogen (secondary N) is 1. The minimum Gasteiger partial charge on any atom is -0.479 e. The third-order valence-electron chi connectivity index (χ3n) is 3.72. The molecule has 0 spiro atoms. The van der Waals surface area contributed by atoms with E-state index in [0.29, 0.717) is 5.52 Å². The van der Waals surface area contributed by atoms with Crippen LogP contribution in [-0.4, -0.2) is 66.8 Å². The van der Waals surface area contributed by atoms with Crippen molar-refractivity contribution >= 4 is 22.8 Å². The van der Waals surface area contributed by atoms with E-state index in [1.165, 1.54) is 14.0 Å². The monoisotopic (exact) mass is 330 g/mol. The van der Waals surface area contributed by atoms with Crippen LogP contribution in [0.3, 0.4) is 0 Å². The lowest BCUT2D eigenvalue weighted by Crippen LogP contribution is -2.43. The summed E-state index contributed by atoms with van der Waals surface area (Å²) in [5, 5.41) is 29.6. The highest BCUT2D eigenvalue weighted by Gasteiger charge is 2.53. The van der Waals surface area contributed by atoms with Crippen LogP contribution < -0.4 is 4.74 Å². The highest BCUT2D eigenvalue weighted by molar-refractivity contribution is 6.28. The molecule has 0 aromatic carbocycles. The second kappa shape index (κ2) is 5.28. The van der Waals surface area contributed by atoms with E-state index in [-0.39, 0.29) is 22.6 Å². The summed E-state index contributed by atoms with van der Waals surface area (Å²) in [7, 11) is 1.42. The Kier molecular flexibility index (Phi) is 3.69. The van der Waals surface area contributed by atoms with E-state index in [1.807, 2.05) is 0 Å². The van der Waals surface area contributed by atoms with E-state index in [0.717, 1.165) is 0 Å². The average molecular weight is 331 g/mol. The van der Waals surface area contributed by atoms with Crippen LogP contribution in [0.1, 0.15) is 18.9 Å². The first-order valence-corrected chi connectivity index (χ1v) is 6.90. The summed E-state index contributed by atoms with van der Waals surface area (Å²) in [6, 6.07) is 0. The molecule has 22 heavy (non-hydrogen) atoms. The SMILES string of the molecule is COc1nc(Cl)nc2nc(C3O[C@H](CO)[C@@H](O)[C@@]3(C)O)[nH]c12. The maximum Gasteiger partial charge on any atom is 0.244 e. The van der Waals surface area contributed by atoms with E-state index >= 15 is 0 Å². The fourth-order valence-corrected chi connectivity index (χ4v) is 2.70. The topological polar surface area (TPSA) is 134 Å². The molecule has 2 aromatic heterocycles. The number of hydrogen-bond donors (Lipinski definition) is 4. The molecule has 4 N–H and O–H groups in total. The van der Waals surface area contributed by atoms with Gasteiger partial charge in [0.25, 0.3) is 0 Å². The van der Waals surface area contributed by atoms with Crippen molar-refractivity contribution < 1.29 is 24.8 Å². The van der Waals surface area contributed by atoms with Crippen molar-refractivity contribution in [3.63, 3.8) is 0 Å². The van der Waals surface area contributed by atoms with Crippen molar-refractivity contribution in [2.24, 2.45) is 0 Å². The molecule has 10 heteroatoms. The molecule has 1 aliphatic heterocycles. The summed E-state index contributed by atoms with van der Waals surface area (Å²) in [6.45, 7) is 0.976. The van der Waals surface area contributed by atoms with Gasteiger partial charge >= 0.3 is 0 Å². The van der Waals surface area contributed by atoms with Gasteiger partial charge in [0.05, 0.1) is 13.7 Å². The lowest BCUT2D eigenvalue weighted by Gasteiger charge is -2.25. The number of H-pyrrole nitrogens is 1. The van der Waals surface area contributed by atoms with Crippen molar-refractivity contribution in [1.29, 1.82) is 0 Å². The Hall–Kier alpha value is -1.52. The fraction of sp³-hybridized carbons (Fsp3) is 0.583. The van der Waals surface area contributed by atoms with Gasteiger partial charge in [-0.3, -0.25) is 0 Å². The minimum absolute atomic E-state index is 0.0326. The zero-order valence-electron chi connectivity index (χ0n) is 11.8. The maximum atomic E-state index is 10.4. The van der Waals surface area contributed by atoms with Crippen LogP contribution in [0.25, 0.3) is 11.2 Å². The summed E-state index contributed by atoms with van der Waals surface area (Å²) < 4.78 is 10.6. The van der Waals surface area contributed by atoms with Gasteiger partial charge in [-0.25, -0.2) is 4.98 Å². The second-order valence-corrected chi connectivity index (χ2v) is 5.57. The standard InChI is InChI=1S/C12H15ClN4O5/c1-12(20)6(19)4(3-18)22-7(12)9-14-5-8(15-9)16-11(13)17-10(5)21-2/h4,6-7,18-20H,3H2,1-2H3,(H,14,15,16,17)/t4-,6-,7?,12-/m1/s1. The summed E-state index contributed by atoms with van der Waals surface area (Å²) in [6.07, 6.45) is -3.14. The van der Waals surface area contributed by atoms with E-state index in [4.69, 9.17) is 21.1 Å². The van der Waals surface area contributed by atoms with Gasteiger partial charge < -0.3 is 29.8 Å². The number of aliphatic hydroxyl groups is 3. The Labute approximate surface area is 129 Å². The van der Waals surface area contributed by atoms with Crippen LogP contribution >= 0.6 is 11.6 Å². The molecule has 120 valence electrons. The number of ether oxygens (including phenoxy) is 2. The number of fused-ring (bicyclic) bond motifs is 1. The number of rotatable bonds is 3. The molecule has 0 saturated carbocycles. The zero-order valence-corrected chi connectivity index (χ0v) is 12.6. The molecule has 3 heterocycles. The first kappa shape index (κ1) is 15.4. The zero-order chi connectivity index (χ0) is 16.1. The number of aromatic nitrogens is 4. The molecule has 2 aromatic rings.